The number of nitrogens with zero attached hydrogens (tertiary/aromatic N) is 3. The Bertz CT molecular complexity index is 630. The molecule has 5 nitrogen and oxygen atoms in total. The van der Waals surface area contributed by atoms with Crippen molar-refractivity contribution in [1.82, 2.24) is 9.97 Å². The molecule has 6 heteroatoms. The van der Waals surface area contributed by atoms with Crippen molar-refractivity contribution in [3.8, 4) is 5.88 Å². The van der Waals surface area contributed by atoms with Gasteiger partial charge in [0, 0.05) is 26.1 Å². The number of halogens is 1. The molecule has 1 aromatic carbocycles. The Morgan fingerprint density at radius 3 is 2.87 bits per heavy atom. The molecule has 1 unspecified atom stereocenters. The minimum Gasteiger partial charge on any atom is -0.477 e. The lowest BCUT2D eigenvalue weighted by Crippen LogP contribution is -2.32. The number of hydrogen-bond acceptors (Lipinski definition) is 5. The summed E-state index contributed by atoms with van der Waals surface area (Å²) in [6.07, 6.45) is 3.21. The number of aromatic nitrogens is 2. The lowest BCUT2D eigenvalue weighted by molar-refractivity contribution is 0.193. The monoisotopic (exact) mass is 317 g/mol. The van der Waals surface area contributed by atoms with E-state index in [0.29, 0.717) is 24.9 Å². The van der Waals surface area contributed by atoms with E-state index in [2.05, 4.69) is 14.9 Å². The van der Waals surface area contributed by atoms with Crippen molar-refractivity contribution in [2.75, 3.05) is 31.8 Å². The molecular formula is C17H20FN3O2. The molecule has 2 heterocycles. The van der Waals surface area contributed by atoms with Gasteiger partial charge in [0.2, 0.25) is 5.88 Å². The minimum absolute atomic E-state index is 0.228. The number of benzene rings is 1. The van der Waals surface area contributed by atoms with Gasteiger partial charge in [-0.1, -0.05) is 12.1 Å². The molecule has 1 saturated heterocycles. The van der Waals surface area contributed by atoms with Crippen LogP contribution in [0.15, 0.2) is 36.7 Å². The van der Waals surface area contributed by atoms with Gasteiger partial charge in [-0.25, -0.2) is 14.4 Å². The molecule has 3 rings (SSSR count). The first-order valence-electron chi connectivity index (χ1n) is 7.72. The molecule has 1 atom stereocenters. The minimum atomic E-state index is -0.228. The van der Waals surface area contributed by atoms with Crippen LogP contribution in [0.4, 0.5) is 10.2 Å². The van der Waals surface area contributed by atoms with E-state index in [4.69, 9.17) is 9.47 Å². The third-order valence-electron chi connectivity index (χ3n) is 4.00. The van der Waals surface area contributed by atoms with Crippen molar-refractivity contribution >= 4 is 5.82 Å². The lowest BCUT2D eigenvalue weighted by Gasteiger charge is -2.24. The molecule has 0 spiro atoms. The molecule has 1 aliphatic rings. The maximum Gasteiger partial charge on any atom is 0.218 e. The van der Waals surface area contributed by atoms with Gasteiger partial charge in [-0.3, -0.25) is 0 Å². The van der Waals surface area contributed by atoms with Crippen LogP contribution < -0.4 is 9.64 Å². The molecule has 0 radical (unpaired) electrons. The van der Waals surface area contributed by atoms with Crippen molar-refractivity contribution in [1.29, 1.82) is 0 Å². The zero-order valence-electron chi connectivity index (χ0n) is 13.1. The summed E-state index contributed by atoms with van der Waals surface area (Å²) in [5.41, 5.74) is 1.03. The summed E-state index contributed by atoms with van der Waals surface area (Å²) in [5.74, 6) is 1.14. The maximum atomic E-state index is 12.9. The van der Waals surface area contributed by atoms with Gasteiger partial charge in [0.1, 0.15) is 18.0 Å². The summed E-state index contributed by atoms with van der Waals surface area (Å²) < 4.78 is 24.0. The number of ether oxygens (including phenoxy) is 2. The van der Waals surface area contributed by atoms with E-state index in [1.165, 1.54) is 18.5 Å². The van der Waals surface area contributed by atoms with Crippen LogP contribution in [0, 0.1) is 5.82 Å². The number of anilines is 1. The fourth-order valence-corrected chi connectivity index (χ4v) is 2.54. The highest BCUT2D eigenvalue weighted by atomic mass is 19.1. The molecule has 0 amide bonds. The quantitative estimate of drug-likeness (QED) is 0.819. The van der Waals surface area contributed by atoms with E-state index in [1.807, 2.05) is 13.1 Å². The van der Waals surface area contributed by atoms with Gasteiger partial charge in [0.15, 0.2) is 0 Å². The van der Waals surface area contributed by atoms with E-state index in [0.717, 1.165) is 31.0 Å². The summed E-state index contributed by atoms with van der Waals surface area (Å²) in [5, 5.41) is 0. The van der Waals surface area contributed by atoms with E-state index < -0.39 is 0 Å². The first-order chi connectivity index (χ1) is 11.2. The zero-order valence-corrected chi connectivity index (χ0v) is 13.1. The fourth-order valence-electron chi connectivity index (χ4n) is 2.54. The SMILES string of the molecule is CN(c1cc(OCCc2ccc(F)cc2)ncn1)C1CCOC1. The third kappa shape index (κ3) is 4.16. The van der Waals surface area contributed by atoms with Crippen molar-refractivity contribution in [3.05, 3.63) is 48.0 Å². The van der Waals surface area contributed by atoms with Gasteiger partial charge < -0.3 is 14.4 Å². The largest absolute Gasteiger partial charge is 0.477 e. The topological polar surface area (TPSA) is 47.5 Å². The number of hydrogen-bond donors (Lipinski definition) is 0. The van der Waals surface area contributed by atoms with Gasteiger partial charge in [-0.05, 0) is 24.1 Å². The highest BCUT2D eigenvalue weighted by molar-refractivity contribution is 5.41. The van der Waals surface area contributed by atoms with Crippen molar-refractivity contribution in [2.45, 2.75) is 18.9 Å². The van der Waals surface area contributed by atoms with Gasteiger partial charge in [0.05, 0.1) is 19.3 Å². The Balaban J connectivity index is 1.55. The molecule has 1 aliphatic heterocycles. The number of likely N-dealkylation sites (N-methyl/N-ethyl adjacent to an activating group) is 1. The van der Waals surface area contributed by atoms with Crippen LogP contribution >= 0.6 is 0 Å². The summed E-state index contributed by atoms with van der Waals surface area (Å²) >= 11 is 0. The molecule has 2 aromatic rings. The van der Waals surface area contributed by atoms with Gasteiger partial charge >= 0.3 is 0 Å². The predicted octanol–water partition coefficient (Wildman–Crippen LogP) is 2.46. The molecule has 0 aliphatic carbocycles. The lowest BCUT2D eigenvalue weighted by atomic mass is 10.2. The molecule has 1 fully saturated rings. The second-order valence-electron chi connectivity index (χ2n) is 5.57. The summed E-state index contributed by atoms with van der Waals surface area (Å²) in [6.45, 7) is 2.00. The Labute approximate surface area is 135 Å². The van der Waals surface area contributed by atoms with E-state index in [-0.39, 0.29) is 5.82 Å². The molecule has 0 saturated carbocycles. The standard InChI is InChI=1S/C17H20FN3O2/c1-21(15-7-8-22-11-15)16-10-17(20-12-19-16)23-9-6-13-2-4-14(18)5-3-13/h2-5,10,12,15H,6-9,11H2,1H3. The Morgan fingerprint density at radius 2 is 2.13 bits per heavy atom. The van der Waals surface area contributed by atoms with Crippen LogP contribution in [-0.4, -0.2) is 42.9 Å². The molecular weight excluding hydrogens is 297 g/mol. The normalized spacial score (nSPS) is 17.2. The third-order valence-corrected chi connectivity index (χ3v) is 4.00. The highest BCUT2D eigenvalue weighted by Gasteiger charge is 2.21. The van der Waals surface area contributed by atoms with Crippen molar-refractivity contribution < 1.29 is 13.9 Å². The molecule has 122 valence electrons. The van der Waals surface area contributed by atoms with Gasteiger partial charge in [0.25, 0.3) is 0 Å². The first-order valence-corrected chi connectivity index (χ1v) is 7.72. The average molecular weight is 317 g/mol. The van der Waals surface area contributed by atoms with Crippen LogP contribution in [0.1, 0.15) is 12.0 Å². The van der Waals surface area contributed by atoms with Crippen molar-refractivity contribution in [2.24, 2.45) is 0 Å². The smallest absolute Gasteiger partial charge is 0.218 e. The van der Waals surface area contributed by atoms with E-state index >= 15 is 0 Å². The fraction of sp³-hybridized carbons (Fsp3) is 0.412. The second kappa shape index (κ2) is 7.37. The van der Waals surface area contributed by atoms with Crippen LogP contribution in [-0.2, 0) is 11.2 Å². The van der Waals surface area contributed by atoms with Gasteiger partial charge in [-0.2, -0.15) is 0 Å². The Hall–Kier alpha value is -2.21. The Kier molecular flexibility index (Phi) is 5.02. The molecule has 0 N–H and O–H groups in total. The van der Waals surface area contributed by atoms with E-state index in [9.17, 15) is 4.39 Å². The first kappa shape index (κ1) is 15.7. The summed E-state index contributed by atoms with van der Waals surface area (Å²) in [6, 6.07) is 8.61. The van der Waals surface area contributed by atoms with Crippen LogP contribution in [0.5, 0.6) is 5.88 Å². The zero-order chi connectivity index (χ0) is 16.1. The summed E-state index contributed by atoms with van der Waals surface area (Å²) in [4.78, 5) is 10.5. The Morgan fingerprint density at radius 1 is 1.30 bits per heavy atom. The maximum absolute atomic E-state index is 12.9. The average Bonchev–Trinajstić information content (AvgIpc) is 3.11. The predicted molar refractivity (Wildman–Crippen MR) is 85.3 cm³/mol. The van der Waals surface area contributed by atoms with Crippen LogP contribution in [0.3, 0.4) is 0 Å². The number of rotatable bonds is 6. The highest BCUT2D eigenvalue weighted by Crippen LogP contribution is 2.20. The summed E-state index contributed by atoms with van der Waals surface area (Å²) in [7, 11) is 2.00. The van der Waals surface area contributed by atoms with Crippen molar-refractivity contribution in [3.63, 3.8) is 0 Å². The molecule has 1 aromatic heterocycles. The molecule has 23 heavy (non-hydrogen) atoms. The molecule has 0 bridgehead atoms. The van der Waals surface area contributed by atoms with Gasteiger partial charge in [-0.15, -0.1) is 0 Å². The second-order valence-corrected chi connectivity index (χ2v) is 5.57. The van der Waals surface area contributed by atoms with Crippen LogP contribution in [0.25, 0.3) is 0 Å². The van der Waals surface area contributed by atoms with Crippen LogP contribution in [0.2, 0.25) is 0 Å². The van der Waals surface area contributed by atoms with E-state index in [1.54, 1.807) is 12.1 Å².